The molecule has 3 N–H and O–H groups in total. The minimum Gasteiger partial charge on any atom is -0.308 e. The zero-order chi connectivity index (χ0) is 12.6. The maximum Gasteiger partial charge on any atom is 0.151 e. The number of nitrogens with two attached hydrogens (primary N) is 1. The van der Waals surface area contributed by atoms with Gasteiger partial charge in [0.25, 0.3) is 0 Å². The lowest BCUT2D eigenvalue weighted by Crippen LogP contribution is -2.12. The van der Waals surface area contributed by atoms with Gasteiger partial charge in [-0.2, -0.15) is 0 Å². The molecule has 1 aromatic carbocycles. The number of nitrogen functional groups attached to an aromatic ring is 1. The summed E-state index contributed by atoms with van der Waals surface area (Å²) < 4.78 is 13.3. The van der Waals surface area contributed by atoms with Crippen molar-refractivity contribution in [2.24, 2.45) is 5.84 Å². The summed E-state index contributed by atoms with van der Waals surface area (Å²) in [7, 11) is 0. The number of fused-ring (bicyclic) bond motifs is 1. The molecule has 0 unspecified atom stereocenters. The van der Waals surface area contributed by atoms with Gasteiger partial charge in [-0.25, -0.2) is 20.2 Å². The Labute approximate surface area is 103 Å². The molecule has 0 aliphatic rings. The first-order chi connectivity index (χ1) is 8.02. The van der Waals surface area contributed by atoms with Gasteiger partial charge >= 0.3 is 0 Å². The van der Waals surface area contributed by atoms with Gasteiger partial charge in [-0.05, 0) is 12.1 Å². The Bertz CT molecular complexity index is 571. The van der Waals surface area contributed by atoms with E-state index in [2.05, 4.69) is 15.4 Å². The standard InChI is InChI=1S/C11H12ClFN4/c1-5(2)10-15-9-7(11(16-10)17-14)3-6(13)4-8(9)12/h3-5H,14H2,1-2H3,(H,15,16,17). The zero-order valence-electron chi connectivity index (χ0n) is 9.46. The summed E-state index contributed by atoms with van der Waals surface area (Å²) in [5.74, 6) is 6.05. The van der Waals surface area contributed by atoms with Crippen LogP contribution in [0.4, 0.5) is 10.2 Å². The molecule has 90 valence electrons. The SMILES string of the molecule is CC(C)c1nc(NN)c2cc(F)cc(Cl)c2n1. The molecule has 0 saturated carbocycles. The van der Waals surface area contributed by atoms with Crippen LogP contribution in [0.3, 0.4) is 0 Å². The van der Waals surface area contributed by atoms with Crippen molar-refractivity contribution < 1.29 is 4.39 Å². The van der Waals surface area contributed by atoms with Crippen LogP contribution in [0.2, 0.25) is 5.02 Å². The third-order valence-electron chi connectivity index (χ3n) is 2.39. The van der Waals surface area contributed by atoms with E-state index in [0.717, 1.165) is 0 Å². The van der Waals surface area contributed by atoms with Crippen LogP contribution >= 0.6 is 11.6 Å². The Morgan fingerprint density at radius 3 is 2.65 bits per heavy atom. The quantitative estimate of drug-likeness (QED) is 0.639. The van der Waals surface area contributed by atoms with Crippen LogP contribution in [-0.4, -0.2) is 9.97 Å². The third kappa shape index (κ3) is 2.16. The summed E-state index contributed by atoms with van der Waals surface area (Å²) in [6, 6.07) is 2.53. The van der Waals surface area contributed by atoms with E-state index in [9.17, 15) is 4.39 Å². The molecule has 1 aromatic heterocycles. The fourth-order valence-corrected chi connectivity index (χ4v) is 1.79. The number of anilines is 1. The summed E-state index contributed by atoms with van der Waals surface area (Å²) in [5, 5.41) is 0.725. The van der Waals surface area contributed by atoms with Crippen LogP contribution < -0.4 is 11.3 Å². The number of nitrogens with zero attached hydrogens (tertiary/aromatic N) is 2. The van der Waals surface area contributed by atoms with Gasteiger partial charge in [0, 0.05) is 11.3 Å². The molecule has 0 atom stereocenters. The number of hydrogen-bond acceptors (Lipinski definition) is 4. The maximum absolute atomic E-state index is 13.3. The molecule has 4 nitrogen and oxygen atoms in total. The lowest BCUT2D eigenvalue weighted by Gasteiger charge is -2.10. The van der Waals surface area contributed by atoms with E-state index in [0.29, 0.717) is 22.5 Å². The van der Waals surface area contributed by atoms with Crippen molar-refractivity contribution in [3.63, 3.8) is 0 Å². The first-order valence-corrected chi connectivity index (χ1v) is 5.54. The summed E-state index contributed by atoms with van der Waals surface area (Å²) in [5.41, 5.74) is 2.94. The summed E-state index contributed by atoms with van der Waals surface area (Å²) >= 11 is 5.97. The number of nitrogens with one attached hydrogen (secondary N) is 1. The van der Waals surface area contributed by atoms with Gasteiger partial charge in [-0.15, -0.1) is 0 Å². The second kappa shape index (κ2) is 4.43. The third-order valence-corrected chi connectivity index (χ3v) is 2.68. The highest BCUT2D eigenvalue weighted by Crippen LogP contribution is 2.28. The van der Waals surface area contributed by atoms with Crippen molar-refractivity contribution in [1.29, 1.82) is 0 Å². The molecule has 1 heterocycles. The van der Waals surface area contributed by atoms with E-state index >= 15 is 0 Å². The normalized spacial score (nSPS) is 11.2. The Morgan fingerprint density at radius 1 is 1.35 bits per heavy atom. The molecule has 0 amide bonds. The largest absolute Gasteiger partial charge is 0.308 e. The number of benzene rings is 1. The topological polar surface area (TPSA) is 63.8 Å². The first-order valence-electron chi connectivity index (χ1n) is 5.16. The highest BCUT2D eigenvalue weighted by molar-refractivity contribution is 6.35. The van der Waals surface area contributed by atoms with E-state index in [1.165, 1.54) is 12.1 Å². The smallest absolute Gasteiger partial charge is 0.151 e. The molecule has 0 bridgehead atoms. The van der Waals surface area contributed by atoms with E-state index in [-0.39, 0.29) is 10.9 Å². The average Bonchev–Trinajstić information content (AvgIpc) is 2.27. The van der Waals surface area contributed by atoms with Gasteiger partial charge in [0.1, 0.15) is 11.6 Å². The molecular formula is C11H12ClFN4. The summed E-state index contributed by atoms with van der Waals surface area (Å²) in [6.07, 6.45) is 0. The van der Waals surface area contributed by atoms with Crippen LogP contribution in [0.1, 0.15) is 25.6 Å². The predicted molar refractivity (Wildman–Crippen MR) is 66.4 cm³/mol. The molecule has 2 aromatic rings. The van der Waals surface area contributed by atoms with Crippen LogP contribution in [0, 0.1) is 5.82 Å². The Hall–Kier alpha value is -1.46. The van der Waals surface area contributed by atoms with Crippen molar-refractivity contribution in [2.45, 2.75) is 19.8 Å². The molecule has 6 heteroatoms. The van der Waals surface area contributed by atoms with Crippen LogP contribution in [0.5, 0.6) is 0 Å². The van der Waals surface area contributed by atoms with Gasteiger partial charge in [0.2, 0.25) is 0 Å². The molecule has 0 radical (unpaired) electrons. The lowest BCUT2D eigenvalue weighted by atomic mass is 10.1. The van der Waals surface area contributed by atoms with E-state index in [1.54, 1.807) is 0 Å². The van der Waals surface area contributed by atoms with Crippen molar-refractivity contribution in [3.05, 3.63) is 28.8 Å². The van der Waals surface area contributed by atoms with Crippen molar-refractivity contribution in [3.8, 4) is 0 Å². The fourth-order valence-electron chi connectivity index (χ4n) is 1.54. The monoisotopic (exact) mass is 254 g/mol. The van der Waals surface area contributed by atoms with Gasteiger partial charge in [0.05, 0.1) is 10.5 Å². The Balaban J connectivity index is 2.82. The van der Waals surface area contributed by atoms with E-state index < -0.39 is 5.82 Å². The minimum atomic E-state index is -0.445. The highest BCUT2D eigenvalue weighted by atomic mass is 35.5. The Kier molecular flexibility index (Phi) is 3.13. The van der Waals surface area contributed by atoms with Crippen molar-refractivity contribution >= 4 is 28.3 Å². The number of hydrazine groups is 1. The van der Waals surface area contributed by atoms with Crippen LogP contribution in [0.25, 0.3) is 10.9 Å². The predicted octanol–water partition coefficient (Wildman–Crippen LogP) is 2.83. The minimum absolute atomic E-state index is 0.132. The second-order valence-corrected chi connectivity index (χ2v) is 4.42. The molecule has 0 saturated heterocycles. The van der Waals surface area contributed by atoms with E-state index in [4.69, 9.17) is 17.4 Å². The van der Waals surface area contributed by atoms with Crippen LogP contribution in [-0.2, 0) is 0 Å². The van der Waals surface area contributed by atoms with Crippen molar-refractivity contribution in [2.75, 3.05) is 5.43 Å². The highest BCUT2D eigenvalue weighted by Gasteiger charge is 2.13. The van der Waals surface area contributed by atoms with E-state index in [1.807, 2.05) is 13.8 Å². The fraction of sp³-hybridized carbons (Fsp3) is 0.273. The Morgan fingerprint density at radius 2 is 2.06 bits per heavy atom. The first kappa shape index (κ1) is 12.0. The summed E-state index contributed by atoms with van der Waals surface area (Å²) in [6.45, 7) is 3.91. The second-order valence-electron chi connectivity index (χ2n) is 4.01. The van der Waals surface area contributed by atoms with Crippen molar-refractivity contribution in [1.82, 2.24) is 9.97 Å². The molecule has 0 fully saturated rings. The van der Waals surface area contributed by atoms with Gasteiger partial charge in [0.15, 0.2) is 5.82 Å². The lowest BCUT2D eigenvalue weighted by molar-refractivity contribution is 0.629. The summed E-state index contributed by atoms with van der Waals surface area (Å²) in [4.78, 5) is 8.55. The molecule has 0 spiro atoms. The maximum atomic E-state index is 13.3. The number of rotatable bonds is 2. The van der Waals surface area contributed by atoms with Gasteiger partial charge in [-0.1, -0.05) is 25.4 Å². The van der Waals surface area contributed by atoms with Crippen LogP contribution in [0.15, 0.2) is 12.1 Å². The molecule has 17 heavy (non-hydrogen) atoms. The number of halogens is 2. The molecule has 0 aliphatic carbocycles. The zero-order valence-corrected chi connectivity index (χ0v) is 10.2. The molecule has 2 rings (SSSR count). The molecule has 0 aliphatic heterocycles. The molecular weight excluding hydrogens is 243 g/mol. The number of hydrogen-bond donors (Lipinski definition) is 2. The van der Waals surface area contributed by atoms with Gasteiger partial charge in [-0.3, -0.25) is 0 Å². The van der Waals surface area contributed by atoms with Gasteiger partial charge < -0.3 is 5.43 Å². The average molecular weight is 255 g/mol. The number of aromatic nitrogens is 2.